The van der Waals surface area contributed by atoms with Gasteiger partial charge in [-0.2, -0.15) is 0 Å². The van der Waals surface area contributed by atoms with Crippen molar-refractivity contribution in [2.24, 2.45) is 0 Å². The van der Waals surface area contributed by atoms with Gasteiger partial charge in [-0.1, -0.05) is 15.9 Å². The van der Waals surface area contributed by atoms with E-state index in [1.807, 2.05) is 12.1 Å². The van der Waals surface area contributed by atoms with E-state index < -0.39 is 5.82 Å². The lowest BCUT2D eigenvalue weighted by Gasteiger charge is -2.35. The molecule has 1 amide bonds. The van der Waals surface area contributed by atoms with Crippen molar-refractivity contribution in [1.29, 1.82) is 0 Å². The zero-order valence-corrected chi connectivity index (χ0v) is 16.5. The summed E-state index contributed by atoms with van der Waals surface area (Å²) in [6.07, 6.45) is 4.40. The number of benzene rings is 2. The molecule has 0 radical (unpaired) electrons. The Morgan fingerprint density at radius 1 is 1.15 bits per heavy atom. The molecule has 4 rings (SSSR count). The third kappa shape index (κ3) is 4.33. The first-order valence-corrected chi connectivity index (χ1v) is 10.2. The van der Waals surface area contributed by atoms with Gasteiger partial charge in [-0.3, -0.25) is 4.79 Å². The minimum absolute atomic E-state index is 0.105. The Kier molecular flexibility index (Phi) is 5.45. The molecule has 0 saturated carbocycles. The van der Waals surface area contributed by atoms with Crippen LogP contribution in [0.2, 0.25) is 0 Å². The second kappa shape index (κ2) is 7.98. The zero-order valence-electron chi connectivity index (χ0n) is 15.0. The lowest BCUT2D eigenvalue weighted by Crippen LogP contribution is -2.47. The van der Waals surface area contributed by atoms with Crippen LogP contribution in [0, 0.1) is 5.82 Å². The highest BCUT2D eigenvalue weighted by molar-refractivity contribution is 9.10. The molecule has 142 valence electrons. The lowest BCUT2D eigenvalue weighted by atomic mass is 9.97. The van der Waals surface area contributed by atoms with Gasteiger partial charge in [0.15, 0.2) is 11.6 Å². The summed E-state index contributed by atoms with van der Waals surface area (Å²) in [5.41, 5.74) is 0.324. The van der Waals surface area contributed by atoms with Crippen LogP contribution in [0.3, 0.4) is 0 Å². The van der Waals surface area contributed by atoms with E-state index in [9.17, 15) is 9.18 Å². The van der Waals surface area contributed by atoms with Crippen LogP contribution in [-0.4, -0.2) is 36.0 Å². The number of hydrogen-bond donors (Lipinski definition) is 1. The molecule has 0 bridgehead atoms. The van der Waals surface area contributed by atoms with Crippen LogP contribution in [0.5, 0.6) is 11.5 Å². The highest BCUT2D eigenvalue weighted by Crippen LogP contribution is 2.28. The van der Waals surface area contributed by atoms with Crippen LogP contribution < -0.4 is 10.1 Å². The van der Waals surface area contributed by atoms with Crippen molar-refractivity contribution in [1.82, 2.24) is 10.2 Å². The number of nitrogens with one attached hydrogen (secondary N) is 1. The van der Waals surface area contributed by atoms with Crippen LogP contribution in [-0.2, 0) is 0 Å². The second-order valence-corrected chi connectivity index (χ2v) is 8.14. The first-order valence-electron chi connectivity index (χ1n) is 9.36. The molecule has 2 aromatic rings. The van der Waals surface area contributed by atoms with E-state index in [4.69, 9.17) is 4.74 Å². The summed E-state index contributed by atoms with van der Waals surface area (Å²) in [6, 6.07) is 12.3. The van der Waals surface area contributed by atoms with Crippen molar-refractivity contribution in [2.75, 3.05) is 13.1 Å². The third-order valence-electron chi connectivity index (χ3n) is 5.39. The number of piperidine rings is 1. The highest BCUT2D eigenvalue weighted by Gasteiger charge is 2.32. The molecular formula is C21H22BrFN2O2. The Hall–Kier alpha value is -1.92. The summed E-state index contributed by atoms with van der Waals surface area (Å²) in [5, 5.41) is 3.07. The molecule has 0 aliphatic carbocycles. The standard InChI is InChI=1S/C21H22BrFN2O2/c22-15-4-6-18(7-5-15)27-20-8-3-14(12-19(20)23)21(26)24-16-9-11-25-10-1-2-17(25)13-16/h3-8,12,16-17H,1-2,9-11,13H2,(H,24,26)/t16-,17-/m1/s1. The number of ether oxygens (including phenoxy) is 1. The number of carbonyl (C=O) groups excluding carboxylic acids is 1. The third-order valence-corrected chi connectivity index (χ3v) is 5.92. The van der Waals surface area contributed by atoms with E-state index in [2.05, 4.69) is 26.1 Å². The van der Waals surface area contributed by atoms with E-state index >= 15 is 0 Å². The minimum atomic E-state index is -0.545. The molecule has 2 heterocycles. The predicted molar refractivity (Wildman–Crippen MR) is 106 cm³/mol. The molecule has 0 aromatic heterocycles. The van der Waals surface area contributed by atoms with Gasteiger partial charge in [-0.25, -0.2) is 4.39 Å². The van der Waals surface area contributed by atoms with Crippen molar-refractivity contribution in [3.63, 3.8) is 0 Å². The number of fused-ring (bicyclic) bond motifs is 1. The summed E-state index contributed by atoms with van der Waals surface area (Å²) in [5.74, 6) is -0.123. The molecule has 0 spiro atoms. The van der Waals surface area contributed by atoms with Gasteiger partial charge >= 0.3 is 0 Å². The fourth-order valence-corrected chi connectivity index (χ4v) is 4.24. The molecule has 6 heteroatoms. The maximum atomic E-state index is 14.4. The van der Waals surface area contributed by atoms with Gasteiger partial charge in [0.1, 0.15) is 5.75 Å². The van der Waals surface area contributed by atoms with E-state index in [1.54, 1.807) is 18.2 Å². The van der Waals surface area contributed by atoms with Gasteiger partial charge in [0.2, 0.25) is 0 Å². The Balaban J connectivity index is 1.39. The van der Waals surface area contributed by atoms with Crippen molar-refractivity contribution in [3.05, 3.63) is 58.3 Å². The number of rotatable bonds is 4. The fourth-order valence-electron chi connectivity index (χ4n) is 3.98. The minimum Gasteiger partial charge on any atom is -0.454 e. The van der Waals surface area contributed by atoms with Crippen LogP contribution in [0.4, 0.5) is 4.39 Å². The quantitative estimate of drug-likeness (QED) is 0.758. The molecule has 2 aromatic carbocycles. The first kappa shape index (κ1) is 18.4. The summed E-state index contributed by atoms with van der Waals surface area (Å²) in [6.45, 7) is 2.21. The van der Waals surface area contributed by atoms with Crippen molar-refractivity contribution in [3.8, 4) is 11.5 Å². The molecule has 4 nitrogen and oxygen atoms in total. The van der Waals surface area contributed by atoms with Crippen molar-refractivity contribution >= 4 is 21.8 Å². The fraction of sp³-hybridized carbons (Fsp3) is 0.381. The van der Waals surface area contributed by atoms with Gasteiger partial charge in [0, 0.05) is 28.7 Å². The number of hydrogen-bond acceptors (Lipinski definition) is 3. The lowest BCUT2D eigenvalue weighted by molar-refractivity contribution is 0.0895. The topological polar surface area (TPSA) is 41.6 Å². The number of halogens is 2. The number of amides is 1. The van der Waals surface area contributed by atoms with Crippen LogP contribution >= 0.6 is 15.9 Å². The van der Waals surface area contributed by atoms with Crippen molar-refractivity contribution in [2.45, 2.75) is 37.8 Å². The molecule has 2 atom stereocenters. The smallest absolute Gasteiger partial charge is 0.251 e. The van der Waals surface area contributed by atoms with Gasteiger partial charge in [0.05, 0.1) is 0 Å². The average Bonchev–Trinajstić information content (AvgIpc) is 3.13. The molecule has 1 N–H and O–H groups in total. The van der Waals surface area contributed by atoms with Crippen LogP contribution in [0.1, 0.15) is 36.0 Å². The number of nitrogens with zero attached hydrogens (tertiary/aromatic N) is 1. The zero-order chi connectivity index (χ0) is 18.8. The van der Waals surface area contributed by atoms with Gasteiger partial charge < -0.3 is 15.0 Å². The first-order chi connectivity index (χ1) is 13.1. The van der Waals surface area contributed by atoms with Crippen molar-refractivity contribution < 1.29 is 13.9 Å². The average molecular weight is 433 g/mol. The predicted octanol–water partition coefficient (Wildman–Crippen LogP) is 4.74. The maximum Gasteiger partial charge on any atom is 0.251 e. The van der Waals surface area contributed by atoms with Gasteiger partial charge in [-0.15, -0.1) is 0 Å². The largest absolute Gasteiger partial charge is 0.454 e. The van der Waals surface area contributed by atoms with E-state index in [-0.39, 0.29) is 17.7 Å². The summed E-state index contributed by atoms with van der Waals surface area (Å²) in [4.78, 5) is 15.0. The molecule has 2 aliphatic rings. The normalized spacial score (nSPS) is 22.3. The van der Waals surface area contributed by atoms with E-state index in [1.165, 1.54) is 31.5 Å². The Morgan fingerprint density at radius 2 is 1.96 bits per heavy atom. The second-order valence-electron chi connectivity index (χ2n) is 7.23. The molecule has 2 fully saturated rings. The molecule has 0 unspecified atom stereocenters. The van der Waals surface area contributed by atoms with Crippen LogP contribution in [0.25, 0.3) is 0 Å². The SMILES string of the molecule is O=C(N[C@@H]1CCN2CCC[C@@H]2C1)c1ccc(Oc2ccc(Br)cc2)c(F)c1. The Bertz CT molecular complexity index is 827. The summed E-state index contributed by atoms with van der Waals surface area (Å²) >= 11 is 3.35. The molecule has 27 heavy (non-hydrogen) atoms. The number of carbonyl (C=O) groups is 1. The Labute approximate surface area is 166 Å². The van der Waals surface area contributed by atoms with Crippen LogP contribution in [0.15, 0.2) is 46.9 Å². The van der Waals surface area contributed by atoms with E-state index in [0.717, 1.165) is 23.9 Å². The van der Waals surface area contributed by atoms with Gasteiger partial charge in [-0.05, 0) is 74.7 Å². The molecular weight excluding hydrogens is 411 g/mol. The summed E-state index contributed by atoms with van der Waals surface area (Å²) in [7, 11) is 0. The monoisotopic (exact) mass is 432 g/mol. The Morgan fingerprint density at radius 3 is 2.74 bits per heavy atom. The van der Waals surface area contributed by atoms with E-state index in [0.29, 0.717) is 17.4 Å². The molecule has 2 aliphatic heterocycles. The van der Waals surface area contributed by atoms with Gasteiger partial charge in [0.25, 0.3) is 5.91 Å². The maximum absolute atomic E-state index is 14.4. The highest BCUT2D eigenvalue weighted by atomic mass is 79.9. The molecule has 2 saturated heterocycles. The summed E-state index contributed by atoms with van der Waals surface area (Å²) < 4.78 is 20.9.